The normalized spacial score (nSPS) is 11.1. The summed E-state index contributed by atoms with van der Waals surface area (Å²) in [7, 11) is 1.78. The molecule has 5 rings (SSSR count). The zero-order chi connectivity index (χ0) is 23.1. The van der Waals surface area contributed by atoms with Gasteiger partial charge in [0.1, 0.15) is 15.4 Å². The van der Waals surface area contributed by atoms with Crippen molar-refractivity contribution in [1.29, 1.82) is 0 Å². The van der Waals surface area contributed by atoms with Crippen LogP contribution in [0.3, 0.4) is 0 Å². The van der Waals surface area contributed by atoms with E-state index in [1.165, 1.54) is 16.0 Å². The average Bonchev–Trinajstić information content (AvgIpc) is 3.28. The summed E-state index contributed by atoms with van der Waals surface area (Å²) >= 11 is 1.22. The predicted octanol–water partition coefficient (Wildman–Crippen LogP) is 4.60. The Balaban J connectivity index is 1.51. The second-order valence-corrected chi connectivity index (χ2v) is 8.65. The van der Waals surface area contributed by atoms with Gasteiger partial charge >= 0.3 is 0 Å². The van der Waals surface area contributed by atoms with Gasteiger partial charge in [0.25, 0.3) is 11.5 Å². The van der Waals surface area contributed by atoms with Crippen molar-refractivity contribution >= 4 is 38.8 Å². The summed E-state index contributed by atoms with van der Waals surface area (Å²) in [6, 6.07) is 22.9. The predicted molar refractivity (Wildman–Crippen MR) is 133 cm³/mol. The van der Waals surface area contributed by atoms with Crippen molar-refractivity contribution in [3.05, 3.63) is 93.7 Å². The molecule has 3 N–H and O–H groups in total. The minimum absolute atomic E-state index is 0.223. The minimum atomic E-state index is -0.428. The van der Waals surface area contributed by atoms with Crippen LogP contribution in [0.25, 0.3) is 27.2 Å². The number of nitrogens with one attached hydrogen (secondary N) is 1. The molecule has 0 radical (unpaired) electrons. The number of carbonyl (C=O) groups is 1. The molecule has 7 nitrogen and oxygen atoms in total. The lowest BCUT2D eigenvalue weighted by atomic mass is 10.1. The highest BCUT2D eigenvalue weighted by atomic mass is 32.1. The fraction of sp³-hybridized carbons (Fsp3) is 0.0800. The number of anilines is 2. The zero-order valence-corrected chi connectivity index (χ0v) is 18.9. The molecule has 0 unspecified atom stereocenters. The van der Waals surface area contributed by atoms with Crippen molar-refractivity contribution in [2.75, 3.05) is 11.1 Å². The van der Waals surface area contributed by atoms with E-state index in [1.54, 1.807) is 18.7 Å². The van der Waals surface area contributed by atoms with E-state index in [9.17, 15) is 9.59 Å². The molecule has 0 fully saturated rings. The third-order valence-corrected chi connectivity index (χ3v) is 6.78. The number of hydrogen-bond acceptors (Lipinski definition) is 5. The zero-order valence-electron chi connectivity index (χ0n) is 18.1. The summed E-state index contributed by atoms with van der Waals surface area (Å²) in [5, 5.41) is 3.50. The number of thiophene rings is 1. The van der Waals surface area contributed by atoms with Gasteiger partial charge in [-0.05, 0) is 31.2 Å². The summed E-state index contributed by atoms with van der Waals surface area (Å²) in [4.78, 5) is 32.0. The third kappa shape index (κ3) is 3.50. The molecule has 33 heavy (non-hydrogen) atoms. The average molecular weight is 456 g/mol. The molecule has 164 valence electrons. The molecule has 0 spiro atoms. The molecule has 0 aliphatic rings. The highest BCUT2D eigenvalue weighted by Crippen LogP contribution is 2.34. The first-order chi connectivity index (χ1) is 16.0. The number of pyridine rings is 1. The molecule has 2 aromatic carbocycles. The van der Waals surface area contributed by atoms with Gasteiger partial charge in [0, 0.05) is 18.0 Å². The summed E-state index contributed by atoms with van der Waals surface area (Å²) in [6.07, 6.45) is 0. The van der Waals surface area contributed by atoms with Crippen LogP contribution >= 0.6 is 11.3 Å². The molecule has 3 heterocycles. The van der Waals surface area contributed by atoms with Gasteiger partial charge < -0.3 is 11.1 Å². The first kappa shape index (κ1) is 20.7. The van der Waals surface area contributed by atoms with Crippen molar-refractivity contribution in [3.63, 3.8) is 0 Å². The Hall–Kier alpha value is -4.17. The molecule has 0 saturated heterocycles. The number of aromatic nitrogens is 3. The fourth-order valence-corrected chi connectivity index (χ4v) is 4.81. The quantitative estimate of drug-likeness (QED) is 0.414. The third-order valence-electron chi connectivity index (χ3n) is 5.66. The first-order valence-corrected chi connectivity index (χ1v) is 11.2. The second-order valence-electron chi connectivity index (χ2n) is 7.65. The number of amides is 1. The Bertz CT molecular complexity index is 1550. The highest BCUT2D eigenvalue weighted by molar-refractivity contribution is 7.21. The molecule has 0 saturated carbocycles. The van der Waals surface area contributed by atoms with Crippen LogP contribution in [0, 0.1) is 6.92 Å². The summed E-state index contributed by atoms with van der Waals surface area (Å²) in [5.41, 5.74) is 9.73. The smallest absolute Gasteiger partial charge is 0.295 e. The molecule has 0 atom stereocenters. The van der Waals surface area contributed by atoms with E-state index in [2.05, 4.69) is 5.32 Å². The number of nitrogen functional groups attached to an aromatic ring is 1. The van der Waals surface area contributed by atoms with Crippen molar-refractivity contribution in [2.24, 2.45) is 7.05 Å². The van der Waals surface area contributed by atoms with Gasteiger partial charge in [-0.15, -0.1) is 11.3 Å². The standard InChI is InChI=1S/C25H21N5O2S/c1-15-21(25(32)30(29(15)2)17-11-7-4-8-12-17)28-23(31)22-20(26)18-13-14-19(27-24(18)33-22)16-9-5-3-6-10-16/h3-14H,26H2,1-2H3,(H,28,31). The first-order valence-electron chi connectivity index (χ1n) is 10.4. The molecule has 1 amide bonds. The van der Waals surface area contributed by atoms with Crippen molar-refractivity contribution < 1.29 is 4.79 Å². The number of para-hydroxylation sites is 1. The molecule has 0 aliphatic carbocycles. The van der Waals surface area contributed by atoms with Crippen molar-refractivity contribution in [3.8, 4) is 16.9 Å². The van der Waals surface area contributed by atoms with Crippen LogP contribution in [0.15, 0.2) is 77.6 Å². The maximum absolute atomic E-state index is 13.2. The number of hydrogen-bond donors (Lipinski definition) is 2. The molecule has 0 aliphatic heterocycles. The number of fused-ring (bicyclic) bond motifs is 1. The minimum Gasteiger partial charge on any atom is -0.397 e. The van der Waals surface area contributed by atoms with Crippen LogP contribution in [0.1, 0.15) is 15.4 Å². The van der Waals surface area contributed by atoms with E-state index >= 15 is 0 Å². The molecular weight excluding hydrogens is 434 g/mol. The largest absolute Gasteiger partial charge is 0.397 e. The number of nitrogens with two attached hydrogens (primary N) is 1. The number of rotatable bonds is 4. The van der Waals surface area contributed by atoms with Crippen LogP contribution in [-0.4, -0.2) is 20.3 Å². The van der Waals surface area contributed by atoms with E-state index in [-0.39, 0.29) is 11.2 Å². The SMILES string of the molecule is Cc1c(NC(=O)c2sc3nc(-c4ccccc4)ccc3c2N)c(=O)n(-c2ccccc2)n1C. The lowest BCUT2D eigenvalue weighted by Crippen LogP contribution is -2.22. The van der Waals surface area contributed by atoms with E-state index in [1.807, 2.05) is 72.8 Å². The fourth-order valence-electron chi connectivity index (χ4n) is 3.82. The van der Waals surface area contributed by atoms with Crippen LogP contribution in [-0.2, 0) is 7.05 Å². The van der Waals surface area contributed by atoms with Crippen molar-refractivity contribution in [1.82, 2.24) is 14.3 Å². The lowest BCUT2D eigenvalue weighted by molar-refractivity contribution is 0.103. The van der Waals surface area contributed by atoms with Crippen LogP contribution in [0.5, 0.6) is 0 Å². The molecule has 3 aromatic heterocycles. The maximum atomic E-state index is 13.2. The summed E-state index contributed by atoms with van der Waals surface area (Å²) in [6.45, 7) is 1.79. The number of carbonyl (C=O) groups excluding carboxylic acids is 1. The summed E-state index contributed by atoms with van der Waals surface area (Å²) < 4.78 is 3.24. The van der Waals surface area contributed by atoms with Gasteiger partial charge in [-0.25, -0.2) is 9.67 Å². The Labute approximate surface area is 193 Å². The second kappa shape index (κ2) is 8.07. The van der Waals surface area contributed by atoms with Crippen LogP contribution in [0.4, 0.5) is 11.4 Å². The Morgan fingerprint density at radius 3 is 2.36 bits per heavy atom. The Morgan fingerprint density at radius 2 is 1.67 bits per heavy atom. The van der Waals surface area contributed by atoms with Crippen LogP contribution < -0.4 is 16.6 Å². The van der Waals surface area contributed by atoms with Gasteiger partial charge in [0.2, 0.25) is 0 Å². The van der Waals surface area contributed by atoms with Gasteiger partial charge in [0.15, 0.2) is 0 Å². The number of nitrogens with zero attached hydrogens (tertiary/aromatic N) is 3. The van der Waals surface area contributed by atoms with E-state index in [0.29, 0.717) is 26.8 Å². The lowest BCUT2D eigenvalue weighted by Gasteiger charge is -2.07. The van der Waals surface area contributed by atoms with Gasteiger partial charge in [0.05, 0.1) is 22.8 Å². The van der Waals surface area contributed by atoms with E-state index < -0.39 is 5.91 Å². The molecule has 0 bridgehead atoms. The molecular formula is C25H21N5O2S. The van der Waals surface area contributed by atoms with Crippen LogP contribution in [0.2, 0.25) is 0 Å². The monoisotopic (exact) mass is 455 g/mol. The van der Waals surface area contributed by atoms with E-state index in [0.717, 1.165) is 16.6 Å². The Kier molecular flexibility index (Phi) is 5.07. The van der Waals surface area contributed by atoms with Gasteiger partial charge in [-0.3, -0.25) is 14.3 Å². The van der Waals surface area contributed by atoms with E-state index in [4.69, 9.17) is 10.7 Å². The van der Waals surface area contributed by atoms with Crippen molar-refractivity contribution in [2.45, 2.75) is 6.92 Å². The summed E-state index contributed by atoms with van der Waals surface area (Å²) in [5.74, 6) is -0.428. The number of benzene rings is 2. The molecule has 5 aromatic rings. The topological polar surface area (TPSA) is 94.9 Å². The maximum Gasteiger partial charge on any atom is 0.295 e. The van der Waals surface area contributed by atoms with Gasteiger partial charge in [-0.2, -0.15) is 0 Å². The highest BCUT2D eigenvalue weighted by Gasteiger charge is 2.22. The Morgan fingerprint density at radius 1 is 1.00 bits per heavy atom. The van der Waals surface area contributed by atoms with Gasteiger partial charge in [-0.1, -0.05) is 48.5 Å². The molecule has 8 heteroatoms.